The van der Waals surface area contributed by atoms with Gasteiger partial charge in [-0.3, -0.25) is 4.79 Å². The van der Waals surface area contributed by atoms with Crippen molar-refractivity contribution in [3.05, 3.63) is 11.6 Å². The van der Waals surface area contributed by atoms with Crippen LogP contribution in [0, 0.1) is 34.5 Å². The summed E-state index contributed by atoms with van der Waals surface area (Å²) >= 11 is 0. The van der Waals surface area contributed by atoms with Crippen molar-refractivity contribution in [3.8, 4) is 0 Å². The van der Waals surface area contributed by atoms with E-state index in [0.717, 1.165) is 0 Å². The van der Waals surface area contributed by atoms with Crippen LogP contribution in [0.25, 0.3) is 0 Å². The molecule has 0 aromatic rings. The fourth-order valence-corrected chi connectivity index (χ4v) is 8.52. The van der Waals surface area contributed by atoms with Gasteiger partial charge in [0.15, 0.2) is 5.78 Å². The fraction of sp³-hybridized carbons (Fsp3) is 0.893. The van der Waals surface area contributed by atoms with E-state index in [4.69, 9.17) is 0 Å². The molecule has 0 aliphatic heterocycles. The van der Waals surface area contributed by atoms with Crippen LogP contribution in [0.4, 0.5) is 0 Å². The van der Waals surface area contributed by atoms with Crippen LogP contribution in [0.3, 0.4) is 0 Å². The topological polar surface area (TPSA) is 159 Å². The molecule has 4 aliphatic rings. The maximum absolute atomic E-state index is 13.3. The molecule has 36 heavy (non-hydrogen) atoms. The van der Waals surface area contributed by atoms with Gasteiger partial charge in [-0.2, -0.15) is 0 Å². The van der Waals surface area contributed by atoms with Crippen molar-refractivity contribution in [2.45, 2.75) is 115 Å². The maximum atomic E-state index is 13.3. The number of carbonyl (C=O) groups excluding carboxylic acids is 1. The lowest BCUT2D eigenvalue weighted by Crippen LogP contribution is -2.63. The molecule has 4 rings (SSSR count). The van der Waals surface area contributed by atoms with E-state index in [0.29, 0.717) is 37.7 Å². The highest BCUT2D eigenvalue weighted by molar-refractivity contribution is 5.95. The van der Waals surface area contributed by atoms with Crippen molar-refractivity contribution in [2.24, 2.45) is 34.5 Å². The lowest BCUT2D eigenvalue weighted by molar-refractivity contribution is -0.180. The van der Waals surface area contributed by atoms with Crippen molar-refractivity contribution >= 4 is 5.78 Å². The van der Waals surface area contributed by atoms with Gasteiger partial charge in [0.25, 0.3) is 0 Å². The van der Waals surface area contributed by atoms with Crippen molar-refractivity contribution < 1.29 is 40.5 Å². The Balaban J connectivity index is 1.65. The third-order valence-corrected chi connectivity index (χ3v) is 11.5. The quantitative estimate of drug-likeness (QED) is 0.280. The summed E-state index contributed by atoms with van der Waals surface area (Å²) in [6.45, 7) is 8.28. The van der Waals surface area contributed by atoms with Crippen molar-refractivity contribution in [1.29, 1.82) is 0 Å². The standard InChI is InChI=1S/C28H46O8/c1-15(26(4,34)14-29)10-23(33)27(5,35)22-7-9-28(36)17-11-19(30)18-12-20(31)21(32)13-24(18,2)16(17)6-8-25(22,28)3/h11,15-16,18,20-23,29,31-36H,6-10,12-14H2,1-5H3/t15-,16-,18-,20+,21-,22-,23+,24+,25+,26-,27+,28+/m0/s1. The van der Waals surface area contributed by atoms with Crippen molar-refractivity contribution in [2.75, 3.05) is 6.61 Å². The molecule has 3 fully saturated rings. The van der Waals surface area contributed by atoms with Crippen LogP contribution in [0.1, 0.15) is 79.6 Å². The van der Waals surface area contributed by atoms with Gasteiger partial charge in [0.05, 0.1) is 41.7 Å². The molecule has 0 heterocycles. The molecule has 8 nitrogen and oxygen atoms in total. The molecular formula is C28H46O8. The van der Waals surface area contributed by atoms with Crippen LogP contribution in [0.15, 0.2) is 11.6 Å². The Morgan fingerprint density at radius 2 is 1.72 bits per heavy atom. The summed E-state index contributed by atoms with van der Waals surface area (Å²) in [7, 11) is 0. The number of rotatable bonds is 6. The van der Waals surface area contributed by atoms with Gasteiger partial charge in [0, 0.05) is 11.3 Å². The van der Waals surface area contributed by atoms with E-state index in [-0.39, 0.29) is 24.5 Å². The van der Waals surface area contributed by atoms with Crippen LogP contribution in [-0.4, -0.2) is 83.3 Å². The van der Waals surface area contributed by atoms with E-state index >= 15 is 0 Å². The van der Waals surface area contributed by atoms with Gasteiger partial charge in [-0.1, -0.05) is 20.8 Å². The summed E-state index contributed by atoms with van der Waals surface area (Å²) in [5, 5.41) is 75.7. The first kappa shape index (κ1) is 28.1. The summed E-state index contributed by atoms with van der Waals surface area (Å²) in [6, 6.07) is 0. The number of hydrogen-bond acceptors (Lipinski definition) is 8. The number of allylic oxidation sites excluding steroid dienone is 1. The molecular weight excluding hydrogens is 464 g/mol. The number of hydrogen-bond donors (Lipinski definition) is 7. The molecule has 0 spiro atoms. The normalized spacial score (nSPS) is 47.5. The Kier molecular flexibility index (Phi) is 6.90. The Bertz CT molecular complexity index is 913. The minimum absolute atomic E-state index is 0.0787. The zero-order valence-electron chi connectivity index (χ0n) is 22.3. The number of aliphatic hydroxyl groups is 7. The lowest BCUT2D eigenvalue weighted by Gasteiger charge is -2.60. The van der Waals surface area contributed by atoms with Crippen LogP contribution < -0.4 is 0 Å². The minimum Gasteiger partial charge on any atom is -0.393 e. The van der Waals surface area contributed by atoms with Crippen molar-refractivity contribution in [3.63, 3.8) is 0 Å². The molecule has 4 aliphatic carbocycles. The van der Waals surface area contributed by atoms with Gasteiger partial charge in [-0.25, -0.2) is 0 Å². The highest BCUT2D eigenvalue weighted by Crippen LogP contribution is 2.68. The Morgan fingerprint density at radius 3 is 2.33 bits per heavy atom. The molecule has 206 valence electrons. The summed E-state index contributed by atoms with van der Waals surface area (Å²) in [5.41, 5.74) is -4.98. The van der Waals surface area contributed by atoms with Crippen LogP contribution in [0.2, 0.25) is 0 Å². The number of ketones is 1. The van der Waals surface area contributed by atoms with Gasteiger partial charge in [-0.05, 0) is 93.6 Å². The minimum atomic E-state index is -1.57. The van der Waals surface area contributed by atoms with Crippen molar-refractivity contribution in [1.82, 2.24) is 0 Å². The van der Waals surface area contributed by atoms with Gasteiger partial charge < -0.3 is 35.7 Å². The molecule has 0 aromatic heterocycles. The molecule has 0 aromatic carbocycles. The molecule has 0 radical (unpaired) electrons. The largest absolute Gasteiger partial charge is 0.393 e. The maximum Gasteiger partial charge on any atom is 0.159 e. The Morgan fingerprint density at radius 1 is 1.08 bits per heavy atom. The van der Waals surface area contributed by atoms with E-state index in [1.165, 1.54) is 6.92 Å². The predicted molar refractivity (Wildman–Crippen MR) is 133 cm³/mol. The smallest absolute Gasteiger partial charge is 0.159 e. The third kappa shape index (κ3) is 3.86. The average molecular weight is 511 g/mol. The second-order valence-corrected chi connectivity index (χ2v) is 13.5. The Labute approximate surface area is 214 Å². The first-order valence-corrected chi connectivity index (χ1v) is 13.5. The summed E-state index contributed by atoms with van der Waals surface area (Å²) in [5.74, 6) is -1.58. The highest BCUT2D eigenvalue weighted by Gasteiger charge is 2.69. The first-order chi connectivity index (χ1) is 16.5. The monoisotopic (exact) mass is 510 g/mol. The van der Waals surface area contributed by atoms with Crippen LogP contribution in [-0.2, 0) is 4.79 Å². The highest BCUT2D eigenvalue weighted by atomic mass is 16.3. The van der Waals surface area contributed by atoms with Gasteiger partial charge in [-0.15, -0.1) is 0 Å². The second-order valence-electron chi connectivity index (χ2n) is 13.5. The first-order valence-electron chi connectivity index (χ1n) is 13.5. The summed E-state index contributed by atoms with van der Waals surface area (Å²) in [4.78, 5) is 13.3. The molecule has 8 heteroatoms. The van der Waals surface area contributed by atoms with Gasteiger partial charge >= 0.3 is 0 Å². The summed E-state index contributed by atoms with van der Waals surface area (Å²) in [6.07, 6.45) is 1.20. The zero-order valence-corrected chi connectivity index (χ0v) is 22.3. The van der Waals surface area contributed by atoms with E-state index in [1.807, 2.05) is 13.8 Å². The zero-order chi connectivity index (χ0) is 27.1. The van der Waals surface area contributed by atoms with Gasteiger partial charge in [0.2, 0.25) is 0 Å². The molecule has 0 saturated heterocycles. The van der Waals surface area contributed by atoms with Crippen LogP contribution >= 0.6 is 0 Å². The van der Waals surface area contributed by atoms with Crippen LogP contribution in [0.5, 0.6) is 0 Å². The summed E-state index contributed by atoms with van der Waals surface area (Å²) < 4.78 is 0. The number of carbonyl (C=O) groups is 1. The van der Waals surface area contributed by atoms with E-state index < -0.39 is 70.3 Å². The van der Waals surface area contributed by atoms with E-state index in [1.54, 1.807) is 19.9 Å². The lowest BCUT2D eigenvalue weighted by atomic mass is 9.45. The second kappa shape index (κ2) is 8.83. The SMILES string of the molecule is C[C@@H](C[C@@H](O)[C@](C)(O)[C@H]1CC[C@@]2(O)C3=CC(=O)[C@@H]4C[C@@H](O)[C@@H](O)C[C@]4(C)[C@H]3CC[C@]12C)[C@@](C)(O)CO. The molecule has 12 atom stereocenters. The Hall–Kier alpha value is -0.870. The van der Waals surface area contributed by atoms with E-state index in [2.05, 4.69) is 0 Å². The molecule has 0 bridgehead atoms. The fourth-order valence-electron chi connectivity index (χ4n) is 8.52. The predicted octanol–water partition coefficient (Wildman–Crippen LogP) is 1.07. The van der Waals surface area contributed by atoms with Gasteiger partial charge in [0.1, 0.15) is 0 Å². The molecule has 7 N–H and O–H groups in total. The molecule has 0 unspecified atom stereocenters. The number of fused-ring (bicyclic) bond motifs is 5. The molecule has 3 saturated carbocycles. The average Bonchev–Trinajstić information content (AvgIpc) is 3.07. The van der Waals surface area contributed by atoms with E-state index in [9.17, 15) is 40.5 Å². The number of aliphatic hydroxyl groups excluding tert-OH is 4. The molecule has 0 amide bonds. The third-order valence-electron chi connectivity index (χ3n) is 11.5.